The Morgan fingerprint density at radius 1 is 1.00 bits per heavy atom. The zero-order chi connectivity index (χ0) is 20.5. The van der Waals surface area contributed by atoms with E-state index < -0.39 is 0 Å². The maximum Gasteiger partial charge on any atom is 0.231 e. The number of carbonyl (C=O) groups excluding carboxylic acids is 2. The SMILES string of the molecule is O=C(COc1ccc2c(c1)O/C(=C/c1c[nH]c3ccccc13)C2=O)c1ccccc1. The maximum atomic E-state index is 12.7. The lowest BCUT2D eigenvalue weighted by Gasteiger charge is -2.06. The second-order valence-electron chi connectivity index (χ2n) is 6.97. The van der Waals surface area contributed by atoms with E-state index in [1.165, 1.54) is 0 Å². The highest BCUT2D eigenvalue weighted by molar-refractivity contribution is 6.15. The number of aromatic amines is 1. The highest BCUT2D eigenvalue weighted by Crippen LogP contribution is 2.35. The van der Waals surface area contributed by atoms with Gasteiger partial charge in [0, 0.05) is 34.3 Å². The Bertz CT molecular complexity index is 1300. The van der Waals surface area contributed by atoms with Crippen molar-refractivity contribution in [3.63, 3.8) is 0 Å². The van der Waals surface area contributed by atoms with Gasteiger partial charge in [0.25, 0.3) is 0 Å². The summed E-state index contributed by atoms with van der Waals surface area (Å²) in [6.45, 7) is -0.0885. The Kier molecular flexibility index (Phi) is 4.41. The normalized spacial score (nSPS) is 14.0. The monoisotopic (exact) mass is 395 g/mol. The fraction of sp³-hybridized carbons (Fsp3) is 0.0400. The standard InChI is InChI=1S/C25H17NO4/c27-22(16-6-2-1-3-7-16)15-29-18-10-11-20-23(13-18)30-24(25(20)28)12-17-14-26-21-9-5-4-8-19(17)21/h1-14,26H,15H2/b24-12+. The Morgan fingerprint density at radius 2 is 1.80 bits per heavy atom. The third-order valence-corrected chi connectivity index (χ3v) is 5.01. The first kappa shape index (κ1) is 17.9. The molecular weight excluding hydrogens is 378 g/mol. The number of carbonyl (C=O) groups is 2. The first-order valence-electron chi connectivity index (χ1n) is 9.54. The van der Waals surface area contributed by atoms with Crippen molar-refractivity contribution in [1.82, 2.24) is 4.98 Å². The lowest BCUT2D eigenvalue weighted by atomic mass is 10.1. The number of ether oxygens (including phenoxy) is 2. The number of H-pyrrole nitrogens is 1. The first-order valence-corrected chi connectivity index (χ1v) is 9.54. The summed E-state index contributed by atoms with van der Waals surface area (Å²) in [6, 6.07) is 21.8. The second-order valence-corrected chi connectivity index (χ2v) is 6.97. The van der Waals surface area contributed by atoms with Crippen molar-refractivity contribution in [1.29, 1.82) is 0 Å². The van der Waals surface area contributed by atoms with E-state index in [0.717, 1.165) is 16.5 Å². The number of benzene rings is 3. The Hall–Kier alpha value is -4.12. The molecule has 0 unspecified atom stereocenters. The van der Waals surface area contributed by atoms with Crippen LogP contribution in [0.15, 0.2) is 84.8 Å². The number of aromatic nitrogens is 1. The average Bonchev–Trinajstić information content (AvgIpc) is 3.34. The molecule has 2 heterocycles. The van der Waals surface area contributed by atoms with E-state index in [0.29, 0.717) is 22.6 Å². The average molecular weight is 395 g/mol. The molecule has 3 aromatic carbocycles. The summed E-state index contributed by atoms with van der Waals surface area (Å²) in [5, 5.41) is 1.01. The van der Waals surface area contributed by atoms with Gasteiger partial charge in [0.2, 0.25) is 5.78 Å². The van der Waals surface area contributed by atoms with Crippen LogP contribution in [0.5, 0.6) is 11.5 Å². The summed E-state index contributed by atoms with van der Waals surface area (Å²) in [5.41, 5.74) is 2.94. The largest absolute Gasteiger partial charge is 0.485 e. The molecular formula is C25H17NO4. The van der Waals surface area contributed by atoms with Gasteiger partial charge in [-0.3, -0.25) is 9.59 Å². The van der Waals surface area contributed by atoms with Gasteiger partial charge in [-0.25, -0.2) is 0 Å². The number of para-hydroxylation sites is 1. The van der Waals surface area contributed by atoms with Crippen LogP contribution in [-0.2, 0) is 0 Å². The second kappa shape index (κ2) is 7.37. The van der Waals surface area contributed by atoms with Crippen LogP contribution in [0.1, 0.15) is 26.3 Å². The van der Waals surface area contributed by atoms with Crippen molar-refractivity contribution in [2.75, 3.05) is 6.61 Å². The summed E-state index contributed by atoms with van der Waals surface area (Å²) in [7, 11) is 0. The maximum absolute atomic E-state index is 12.7. The van der Waals surface area contributed by atoms with Crippen molar-refractivity contribution >= 4 is 28.5 Å². The molecule has 0 radical (unpaired) electrons. The third kappa shape index (κ3) is 3.26. The molecule has 0 fully saturated rings. The molecule has 0 saturated heterocycles. The Labute approximate surface area is 172 Å². The summed E-state index contributed by atoms with van der Waals surface area (Å²) < 4.78 is 11.4. The molecule has 1 aliphatic rings. The van der Waals surface area contributed by atoms with E-state index in [4.69, 9.17) is 9.47 Å². The quantitative estimate of drug-likeness (QED) is 0.379. The minimum atomic E-state index is -0.179. The molecule has 0 bridgehead atoms. The Balaban J connectivity index is 1.34. The summed E-state index contributed by atoms with van der Waals surface area (Å²) in [6.07, 6.45) is 3.58. The summed E-state index contributed by atoms with van der Waals surface area (Å²) >= 11 is 0. The minimum Gasteiger partial charge on any atom is -0.485 e. The topological polar surface area (TPSA) is 68.4 Å². The highest BCUT2D eigenvalue weighted by atomic mass is 16.5. The molecule has 30 heavy (non-hydrogen) atoms. The molecule has 0 aliphatic carbocycles. The number of nitrogens with one attached hydrogen (secondary N) is 1. The molecule has 5 heteroatoms. The predicted molar refractivity (Wildman–Crippen MR) is 114 cm³/mol. The van der Waals surface area contributed by atoms with Gasteiger partial charge in [-0.05, 0) is 24.3 Å². The van der Waals surface area contributed by atoms with Gasteiger partial charge in [0.05, 0.1) is 5.56 Å². The highest BCUT2D eigenvalue weighted by Gasteiger charge is 2.28. The molecule has 4 aromatic rings. The summed E-state index contributed by atoms with van der Waals surface area (Å²) in [4.78, 5) is 28.1. The third-order valence-electron chi connectivity index (χ3n) is 5.01. The van der Waals surface area contributed by atoms with Gasteiger partial charge >= 0.3 is 0 Å². The van der Waals surface area contributed by atoms with Crippen LogP contribution in [0.4, 0.5) is 0 Å². The van der Waals surface area contributed by atoms with Crippen molar-refractivity contribution in [3.8, 4) is 11.5 Å². The number of Topliss-reactive ketones (excluding diaryl/α,β-unsaturated/α-hetero) is 2. The Morgan fingerprint density at radius 3 is 2.67 bits per heavy atom. The number of hydrogen-bond acceptors (Lipinski definition) is 4. The predicted octanol–water partition coefficient (Wildman–Crippen LogP) is 5.05. The molecule has 1 aliphatic heterocycles. The zero-order valence-electron chi connectivity index (χ0n) is 15.9. The van der Waals surface area contributed by atoms with Crippen LogP contribution in [0.3, 0.4) is 0 Å². The molecule has 0 saturated carbocycles. The number of allylic oxidation sites excluding steroid dienone is 1. The first-order chi connectivity index (χ1) is 14.7. The van der Waals surface area contributed by atoms with E-state index in [9.17, 15) is 9.59 Å². The fourth-order valence-electron chi connectivity index (χ4n) is 3.47. The minimum absolute atomic E-state index is 0.0885. The van der Waals surface area contributed by atoms with Crippen LogP contribution < -0.4 is 9.47 Å². The number of fused-ring (bicyclic) bond motifs is 2. The molecule has 5 rings (SSSR count). The summed E-state index contributed by atoms with van der Waals surface area (Å²) in [5.74, 6) is 0.859. The van der Waals surface area contributed by atoms with Crippen LogP contribution >= 0.6 is 0 Å². The van der Waals surface area contributed by atoms with Crippen LogP contribution in [-0.4, -0.2) is 23.2 Å². The van der Waals surface area contributed by atoms with Gasteiger partial charge in [0.1, 0.15) is 11.5 Å². The van der Waals surface area contributed by atoms with Crippen molar-refractivity contribution in [2.45, 2.75) is 0 Å². The smallest absolute Gasteiger partial charge is 0.231 e. The van der Waals surface area contributed by atoms with Crippen LogP contribution in [0.2, 0.25) is 0 Å². The van der Waals surface area contributed by atoms with E-state index >= 15 is 0 Å². The number of ketones is 2. The molecule has 0 atom stereocenters. The lowest BCUT2D eigenvalue weighted by molar-refractivity contribution is 0.0921. The number of rotatable bonds is 5. The van der Waals surface area contributed by atoms with E-state index in [1.54, 1.807) is 36.4 Å². The molecule has 0 spiro atoms. The van der Waals surface area contributed by atoms with E-state index in [2.05, 4.69) is 4.98 Å². The van der Waals surface area contributed by atoms with Gasteiger partial charge in [-0.1, -0.05) is 48.5 Å². The molecule has 0 amide bonds. The van der Waals surface area contributed by atoms with E-state index in [-0.39, 0.29) is 23.9 Å². The lowest BCUT2D eigenvalue weighted by Crippen LogP contribution is -2.11. The van der Waals surface area contributed by atoms with Crippen molar-refractivity contribution < 1.29 is 19.1 Å². The van der Waals surface area contributed by atoms with E-state index in [1.807, 2.05) is 48.7 Å². The molecule has 1 N–H and O–H groups in total. The van der Waals surface area contributed by atoms with Crippen molar-refractivity contribution in [3.05, 3.63) is 101 Å². The van der Waals surface area contributed by atoms with Crippen LogP contribution in [0, 0.1) is 0 Å². The molecule has 5 nitrogen and oxygen atoms in total. The fourth-order valence-corrected chi connectivity index (χ4v) is 3.47. The van der Waals surface area contributed by atoms with Gasteiger partial charge in [-0.2, -0.15) is 0 Å². The zero-order valence-corrected chi connectivity index (χ0v) is 15.9. The molecule has 1 aromatic heterocycles. The number of hydrogen-bond donors (Lipinski definition) is 1. The van der Waals surface area contributed by atoms with Crippen LogP contribution in [0.25, 0.3) is 17.0 Å². The van der Waals surface area contributed by atoms with Crippen molar-refractivity contribution in [2.24, 2.45) is 0 Å². The molecule has 146 valence electrons. The van der Waals surface area contributed by atoms with Gasteiger partial charge < -0.3 is 14.5 Å². The van der Waals surface area contributed by atoms with Gasteiger partial charge in [0.15, 0.2) is 18.1 Å². The van der Waals surface area contributed by atoms with Gasteiger partial charge in [-0.15, -0.1) is 0 Å².